The molecule has 1 aromatic heterocycles. The maximum absolute atomic E-state index is 12.1. The summed E-state index contributed by atoms with van der Waals surface area (Å²) in [7, 11) is 1.66. The van der Waals surface area contributed by atoms with E-state index < -0.39 is 0 Å². The van der Waals surface area contributed by atoms with Crippen molar-refractivity contribution >= 4 is 23.5 Å². The summed E-state index contributed by atoms with van der Waals surface area (Å²) >= 11 is 5.84. The zero-order valence-electron chi connectivity index (χ0n) is 13.6. The normalized spacial score (nSPS) is 10.4. The molecule has 1 amide bonds. The molecule has 0 atom stereocenters. The van der Waals surface area contributed by atoms with E-state index in [1.165, 1.54) is 12.4 Å². The molecule has 0 spiro atoms. The van der Waals surface area contributed by atoms with Crippen LogP contribution in [-0.2, 0) is 11.2 Å². The van der Waals surface area contributed by atoms with Crippen LogP contribution in [0.5, 0.6) is 0 Å². The summed E-state index contributed by atoms with van der Waals surface area (Å²) in [5.41, 5.74) is 1.56. The van der Waals surface area contributed by atoms with Crippen LogP contribution in [0, 0.1) is 0 Å². The Morgan fingerprint density at radius 2 is 1.88 bits per heavy atom. The van der Waals surface area contributed by atoms with Crippen molar-refractivity contribution in [2.24, 2.45) is 0 Å². The van der Waals surface area contributed by atoms with Gasteiger partial charge in [-0.2, -0.15) is 0 Å². The Morgan fingerprint density at radius 1 is 1.17 bits per heavy atom. The highest BCUT2D eigenvalue weighted by Crippen LogP contribution is 2.09. The second-order valence-corrected chi connectivity index (χ2v) is 5.64. The van der Waals surface area contributed by atoms with Crippen molar-refractivity contribution in [3.05, 3.63) is 52.8 Å². The lowest BCUT2D eigenvalue weighted by Gasteiger charge is -2.07. The highest BCUT2D eigenvalue weighted by molar-refractivity contribution is 6.30. The Morgan fingerprint density at radius 3 is 2.54 bits per heavy atom. The molecule has 0 aliphatic rings. The van der Waals surface area contributed by atoms with Gasteiger partial charge in [0.1, 0.15) is 0 Å². The Balaban J connectivity index is 1.74. The number of hydrogen-bond donors (Lipinski definition) is 2. The lowest BCUT2D eigenvalue weighted by molar-refractivity contribution is 0.0953. The number of benzene rings is 1. The van der Waals surface area contributed by atoms with E-state index in [2.05, 4.69) is 20.6 Å². The average molecular weight is 349 g/mol. The highest BCUT2D eigenvalue weighted by Gasteiger charge is 2.06. The fourth-order valence-corrected chi connectivity index (χ4v) is 2.15. The summed E-state index contributed by atoms with van der Waals surface area (Å²) in [5.74, 6) is 0.318. The summed E-state index contributed by atoms with van der Waals surface area (Å²) < 4.78 is 4.97. The van der Waals surface area contributed by atoms with Crippen molar-refractivity contribution in [2.45, 2.75) is 12.8 Å². The van der Waals surface area contributed by atoms with Crippen LogP contribution in [0.2, 0.25) is 5.02 Å². The Labute approximate surface area is 146 Å². The van der Waals surface area contributed by atoms with E-state index in [1.807, 2.05) is 24.3 Å². The molecular weight excluding hydrogens is 328 g/mol. The fraction of sp³-hybridized carbons (Fsp3) is 0.353. The Bertz CT molecular complexity index is 632. The first kappa shape index (κ1) is 18.2. The van der Waals surface area contributed by atoms with E-state index in [-0.39, 0.29) is 5.91 Å². The number of aromatic nitrogens is 2. The molecule has 0 unspecified atom stereocenters. The van der Waals surface area contributed by atoms with Crippen LogP contribution in [0.15, 0.2) is 36.7 Å². The number of amides is 1. The summed E-state index contributed by atoms with van der Waals surface area (Å²) in [6, 6.07) is 7.57. The smallest absolute Gasteiger partial charge is 0.254 e. The van der Waals surface area contributed by atoms with E-state index in [9.17, 15) is 4.79 Å². The quantitative estimate of drug-likeness (QED) is 0.681. The number of carbonyl (C=O) groups is 1. The zero-order valence-corrected chi connectivity index (χ0v) is 14.3. The third kappa shape index (κ3) is 6.14. The molecule has 1 heterocycles. The van der Waals surface area contributed by atoms with Crippen LogP contribution >= 0.6 is 11.6 Å². The van der Waals surface area contributed by atoms with Crippen LogP contribution in [-0.4, -0.2) is 42.7 Å². The van der Waals surface area contributed by atoms with Crippen molar-refractivity contribution in [3.63, 3.8) is 0 Å². The van der Waals surface area contributed by atoms with Gasteiger partial charge >= 0.3 is 0 Å². The van der Waals surface area contributed by atoms with E-state index in [4.69, 9.17) is 16.3 Å². The van der Waals surface area contributed by atoms with E-state index in [1.54, 1.807) is 7.11 Å². The number of hydrogen-bond acceptors (Lipinski definition) is 5. The van der Waals surface area contributed by atoms with E-state index in [0.717, 1.165) is 24.9 Å². The van der Waals surface area contributed by atoms with Gasteiger partial charge in [-0.05, 0) is 30.5 Å². The maximum atomic E-state index is 12.1. The van der Waals surface area contributed by atoms with Gasteiger partial charge in [0.05, 0.1) is 5.56 Å². The number of rotatable bonds is 9. The molecule has 128 valence electrons. The van der Waals surface area contributed by atoms with Crippen LogP contribution < -0.4 is 10.6 Å². The van der Waals surface area contributed by atoms with Gasteiger partial charge in [-0.15, -0.1) is 0 Å². The predicted octanol–water partition coefficient (Wildman–Crippen LogP) is 2.55. The summed E-state index contributed by atoms with van der Waals surface area (Å²) in [4.78, 5) is 20.3. The van der Waals surface area contributed by atoms with Gasteiger partial charge < -0.3 is 15.4 Å². The lowest BCUT2D eigenvalue weighted by atomic mass is 10.1. The minimum Gasteiger partial charge on any atom is -0.385 e. The zero-order chi connectivity index (χ0) is 17.2. The first-order valence-electron chi connectivity index (χ1n) is 7.76. The number of anilines is 1. The van der Waals surface area contributed by atoms with Gasteiger partial charge in [-0.1, -0.05) is 23.7 Å². The SMILES string of the molecule is COCCCNc1ncc(C(=O)NCCc2ccc(Cl)cc2)cn1. The molecule has 1 aromatic carbocycles. The van der Waals surface area contributed by atoms with Crippen LogP contribution in [0.1, 0.15) is 22.3 Å². The first-order valence-corrected chi connectivity index (χ1v) is 8.14. The summed E-state index contributed by atoms with van der Waals surface area (Å²) in [6.07, 6.45) is 4.64. The molecule has 24 heavy (non-hydrogen) atoms. The largest absolute Gasteiger partial charge is 0.385 e. The number of carbonyl (C=O) groups excluding carboxylic acids is 1. The predicted molar refractivity (Wildman–Crippen MR) is 94.5 cm³/mol. The number of nitrogens with one attached hydrogen (secondary N) is 2. The minimum absolute atomic E-state index is 0.185. The molecule has 0 saturated heterocycles. The standard InChI is InChI=1S/C17H21ClN4O2/c1-24-10-2-8-20-17-21-11-14(12-22-17)16(23)19-9-7-13-3-5-15(18)6-4-13/h3-6,11-12H,2,7-10H2,1H3,(H,19,23)(H,20,21,22). The van der Waals surface area contributed by atoms with Gasteiger partial charge in [-0.25, -0.2) is 9.97 Å². The topological polar surface area (TPSA) is 76.1 Å². The van der Waals surface area contributed by atoms with Crippen molar-refractivity contribution in [3.8, 4) is 0 Å². The third-order valence-electron chi connectivity index (χ3n) is 3.33. The van der Waals surface area contributed by atoms with Crippen molar-refractivity contribution in [1.29, 1.82) is 0 Å². The van der Waals surface area contributed by atoms with E-state index >= 15 is 0 Å². The summed E-state index contributed by atoms with van der Waals surface area (Å²) in [6.45, 7) is 1.94. The molecule has 2 N–H and O–H groups in total. The molecule has 0 aliphatic heterocycles. The Kier molecular flexibility index (Phi) is 7.45. The van der Waals surface area contributed by atoms with Gasteiger partial charge in [-0.3, -0.25) is 4.79 Å². The highest BCUT2D eigenvalue weighted by atomic mass is 35.5. The van der Waals surface area contributed by atoms with Gasteiger partial charge in [0.15, 0.2) is 0 Å². The number of ether oxygens (including phenoxy) is 1. The van der Waals surface area contributed by atoms with Crippen molar-refractivity contribution in [1.82, 2.24) is 15.3 Å². The van der Waals surface area contributed by atoms with Crippen molar-refractivity contribution < 1.29 is 9.53 Å². The fourth-order valence-electron chi connectivity index (χ4n) is 2.03. The molecule has 7 heteroatoms. The molecule has 2 rings (SSSR count). The van der Waals surface area contributed by atoms with Gasteiger partial charge in [0, 0.05) is 44.2 Å². The molecule has 0 bridgehead atoms. The van der Waals surface area contributed by atoms with Crippen LogP contribution in [0.4, 0.5) is 5.95 Å². The number of halogens is 1. The number of nitrogens with zero attached hydrogens (tertiary/aromatic N) is 2. The van der Waals surface area contributed by atoms with Crippen LogP contribution in [0.3, 0.4) is 0 Å². The minimum atomic E-state index is -0.185. The lowest BCUT2D eigenvalue weighted by Crippen LogP contribution is -2.26. The van der Waals surface area contributed by atoms with Crippen LogP contribution in [0.25, 0.3) is 0 Å². The first-order chi connectivity index (χ1) is 11.7. The molecule has 0 radical (unpaired) electrons. The third-order valence-corrected chi connectivity index (χ3v) is 3.59. The number of methoxy groups -OCH3 is 1. The second kappa shape index (κ2) is 9.85. The van der Waals surface area contributed by atoms with E-state index in [0.29, 0.717) is 29.7 Å². The maximum Gasteiger partial charge on any atom is 0.254 e. The average Bonchev–Trinajstić information content (AvgIpc) is 2.61. The second-order valence-electron chi connectivity index (χ2n) is 5.20. The molecule has 2 aromatic rings. The molecular formula is C17H21ClN4O2. The summed E-state index contributed by atoms with van der Waals surface area (Å²) in [5, 5.41) is 6.63. The monoisotopic (exact) mass is 348 g/mol. The molecule has 6 nitrogen and oxygen atoms in total. The van der Waals surface area contributed by atoms with Gasteiger partial charge in [0.25, 0.3) is 5.91 Å². The molecule has 0 saturated carbocycles. The molecule has 0 fully saturated rings. The van der Waals surface area contributed by atoms with Crippen molar-refractivity contribution in [2.75, 3.05) is 32.1 Å². The molecule has 0 aliphatic carbocycles. The Hall–Kier alpha value is -2.18. The van der Waals surface area contributed by atoms with Gasteiger partial charge in [0.2, 0.25) is 5.95 Å².